The molecule has 0 saturated carbocycles. The molecule has 0 atom stereocenters. The minimum absolute atomic E-state index is 0.319. The number of hydrogen-bond donors (Lipinski definition) is 0. The summed E-state index contributed by atoms with van der Waals surface area (Å²) in [6, 6.07) is 13.9. The van der Waals surface area contributed by atoms with Crippen molar-refractivity contribution in [2.45, 2.75) is 27.3 Å². The highest BCUT2D eigenvalue weighted by molar-refractivity contribution is 6.16. The third-order valence-electron chi connectivity index (χ3n) is 4.96. The molecule has 0 radical (unpaired) electrons. The molecule has 0 spiro atoms. The van der Waals surface area contributed by atoms with Crippen molar-refractivity contribution in [3.8, 4) is 5.75 Å². The van der Waals surface area contributed by atoms with Gasteiger partial charge in [-0.2, -0.15) is 0 Å². The highest BCUT2D eigenvalue weighted by Crippen LogP contribution is 2.38. The van der Waals surface area contributed by atoms with Crippen LogP contribution in [0.5, 0.6) is 5.75 Å². The van der Waals surface area contributed by atoms with Gasteiger partial charge in [-0.15, -0.1) is 0 Å². The Labute approximate surface area is 163 Å². The molecule has 0 amide bonds. The van der Waals surface area contributed by atoms with Gasteiger partial charge in [-0.25, -0.2) is 4.79 Å². The second-order valence-corrected chi connectivity index (χ2v) is 6.60. The standard InChI is InChI=1S/C23H23NO4/c1-4-26-20-13-19-21(23(25)27-5-2)15(3)24(14-16-9-8-12-28-16)22(19)18-11-7-6-10-17(18)20/h6-13H,4-5,14H2,1-3H3. The summed E-state index contributed by atoms with van der Waals surface area (Å²) in [5.41, 5.74) is 2.41. The number of ether oxygens (including phenoxy) is 2. The fourth-order valence-electron chi connectivity index (χ4n) is 3.80. The lowest BCUT2D eigenvalue weighted by molar-refractivity contribution is 0.0527. The monoisotopic (exact) mass is 377 g/mol. The van der Waals surface area contributed by atoms with Crippen LogP contribution in [0.3, 0.4) is 0 Å². The van der Waals surface area contributed by atoms with Gasteiger partial charge < -0.3 is 18.5 Å². The van der Waals surface area contributed by atoms with Crippen LogP contribution in [0, 0.1) is 6.92 Å². The first-order valence-electron chi connectivity index (χ1n) is 9.52. The van der Waals surface area contributed by atoms with Crippen LogP contribution in [-0.2, 0) is 11.3 Å². The minimum atomic E-state index is -0.319. The van der Waals surface area contributed by atoms with Crippen molar-refractivity contribution in [2.24, 2.45) is 0 Å². The smallest absolute Gasteiger partial charge is 0.340 e. The average Bonchev–Trinajstić information content (AvgIpc) is 3.29. The van der Waals surface area contributed by atoms with Crippen molar-refractivity contribution in [3.63, 3.8) is 0 Å². The Hall–Kier alpha value is -3.21. The summed E-state index contributed by atoms with van der Waals surface area (Å²) in [5.74, 6) is 1.28. The van der Waals surface area contributed by atoms with E-state index in [0.717, 1.165) is 38.9 Å². The maximum absolute atomic E-state index is 12.8. The summed E-state index contributed by atoms with van der Waals surface area (Å²) in [5, 5.41) is 2.89. The number of esters is 1. The van der Waals surface area contributed by atoms with E-state index in [2.05, 4.69) is 10.6 Å². The molecule has 0 bridgehead atoms. The number of benzene rings is 2. The maximum atomic E-state index is 12.8. The van der Waals surface area contributed by atoms with Crippen molar-refractivity contribution in [1.82, 2.24) is 4.57 Å². The van der Waals surface area contributed by atoms with Crippen molar-refractivity contribution in [3.05, 3.63) is 65.7 Å². The molecule has 0 N–H and O–H groups in total. The van der Waals surface area contributed by atoms with Crippen molar-refractivity contribution < 1.29 is 18.7 Å². The Bertz CT molecular complexity index is 1140. The van der Waals surface area contributed by atoms with Gasteiger partial charge in [-0.1, -0.05) is 24.3 Å². The Morgan fingerprint density at radius 1 is 1.04 bits per heavy atom. The lowest BCUT2D eigenvalue weighted by Gasteiger charge is -2.12. The molecule has 4 rings (SSSR count). The van der Waals surface area contributed by atoms with E-state index < -0.39 is 0 Å². The first kappa shape index (κ1) is 18.2. The largest absolute Gasteiger partial charge is 0.493 e. The highest BCUT2D eigenvalue weighted by atomic mass is 16.5. The van der Waals surface area contributed by atoms with Gasteiger partial charge in [0.1, 0.15) is 11.5 Å². The molecule has 0 aliphatic heterocycles. The molecule has 5 nitrogen and oxygen atoms in total. The summed E-state index contributed by atoms with van der Waals surface area (Å²) >= 11 is 0. The summed E-state index contributed by atoms with van der Waals surface area (Å²) in [7, 11) is 0. The van der Waals surface area contributed by atoms with Crippen LogP contribution in [0.15, 0.2) is 53.1 Å². The summed E-state index contributed by atoms with van der Waals surface area (Å²) < 4.78 is 19.0. The number of fused-ring (bicyclic) bond motifs is 3. The lowest BCUT2D eigenvalue weighted by atomic mass is 10.0. The van der Waals surface area contributed by atoms with Gasteiger partial charge in [-0.3, -0.25) is 0 Å². The number of furan rings is 1. The van der Waals surface area contributed by atoms with Gasteiger partial charge in [0.15, 0.2) is 0 Å². The molecule has 5 heteroatoms. The molecule has 0 aliphatic carbocycles. The van der Waals surface area contributed by atoms with Gasteiger partial charge in [0, 0.05) is 21.9 Å². The topological polar surface area (TPSA) is 53.6 Å². The van der Waals surface area contributed by atoms with Gasteiger partial charge in [-0.05, 0) is 39.0 Å². The van der Waals surface area contributed by atoms with E-state index in [4.69, 9.17) is 13.9 Å². The van der Waals surface area contributed by atoms with Gasteiger partial charge in [0.05, 0.1) is 37.1 Å². The molecule has 0 aliphatic rings. The van der Waals surface area contributed by atoms with Gasteiger partial charge >= 0.3 is 5.97 Å². The number of rotatable bonds is 6. The molecule has 2 aromatic carbocycles. The molecular formula is C23H23NO4. The van der Waals surface area contributed by atoms with Crippen LogP contribution in [0.2, 0.25) is 0 Å². The van der Waals surface area contributed by atoms with Crippen LogP contribution in [0.1, 0.15) is 35.7 Å². The Balaban J connectivity index is 2.08. The summed E-state index contributed by atoms with van der Waals surface area (Å²) in [6.45, 7) is 7.14. The normalized spacial score (nSPS) is 11.2. The fraction of sp³-hybridized carbons (Fsp3) is 0.261. The van der Waals surface area contributed by atoms with Gasteiger partial charge in [0.25, 0.3) is 0 Å². The maximum Gasteiger partial charge on any atom is 0.340 e. The molecule has 0 unspecified atom stereocenters. The molecule has 28 heavy (non-hydrogen) atoms. The predicted molar refractivity (Wildman–Crippen MR) is 109 cm³/mol. The van der Waals surface area contributed by atoms with E-state index in [-0.39, 0.29) is 5.97 Å². The number of nitrogens with zero attached hydrogens (tertiary/aromatic N) is 1. The Morgan fingerprint density at radius 3 is 2.50 bits per heavy atom. The molecule has 0 fully saturated rings. The second-order valence-electron chi connectivity index (χ2n) is 6.60. The second kappa shape index (κ2) is 7.43. The quantitative estimate of drug-likeness (QED) is 0.427. The first-order valence-corrected chi connectivity index (χ1v) is 9.52. The molecule has 0 saturated heterocycles. The molecule has 2 heterocycles. The van der Waals surface area contributed by atoms with Crippen LogP contribution in [-0.4, -0.2) is 23.8 Å². The van der Waals surface area contributed by atoms with Crippen molar-refractivity contribution in [2.75, 3.05) is 13.2 Å². The van der Waals surface area contributed by atoms with Crippen molar-refractivity contribution in [1.29, 1.82) is 0 Å². The van der Waals surface area contributed by atoms with E-state index in [1.54, 1.807) is 6.26 Å². The molecule has 144 valence electrons. The average molecular weight is 377 g/mol. The number of hydrogen-bond acceptors (Lipinski definition) is 4. The summed E-state index contributed by atoms with van der Waals surface area (Å²) in [4.78, 5) is 12.8. The third kappa shape index (κ3) is 2.93. The van der Waals surface area contributed by atoms with E-state index in [9.17, 15) is 4.79 Å². The van der Waals surface area contributed by atoms with E-state index in [1.165, 1.54) is 0 Å². The number of carbonyl (C=O) groups is 1. The number of carbonyl (C=O) groups excluding carboxylic acids is 1. The van der Waals surface area contributed by atoms with Crippen molar-refractivity contribution >= 4 is 27.6 Å². The summed E-state index contributed by atoms with van der Waals surface area (Å²) in [6.07, 6.45) is 1.66. The molecular weight excluding hydrogens is 354 g/mol. The highest BCUT2D eigenvalue weighted by Gasteiger charge is 2.24. The van der Waals surface area contributed by atoms with E-state index in [0.29, 0.717) is 25.3 Å². The molecule has 2 aromatic heterocycles. The van der Waals surface area contributed by atoms with Crippen LogP contribution >= 0.6 is 0 Å². The molecule has 4 aromatic rings. The van der Waals surface area contributed by atoms with Crippen LogP contribution in [0.4, 0.5) is 0 Å². The fourth-order valence-corrected chi connectivity index (χ4v) is 3.80. The first-order chi connectivity index (χ1) is 13.7. The zero-order valence-electron chi connectivity index (χ0n) is 16.3. The van der Waals surface area contributed by atoms with E-state index >= 15 is 0 Å². The Kier molecular flexibility index (Phi) is 4.82. The van der Waals surface area contributed by atoms with E-state index in [1.807, 2.05) is 57.2 Å². The Morgan fingerprint density at radius 2 is 1.82 bits per heavy atom. The van der Waals surface area contributed by atoms with Gasteiger partial charge in [0.2, 0.25) is 0 Å². The minimum Gasteiger partial charge on any atom is -0.493 e. The zero-order chi connectivity index (χ0) is 19.7. The SMILES string of the molecule is CCOC(=O)c1c(C)n(Cc2ccco2)c2c1cc(OCC)c1ccccc12. The third-order valence-corrected chi connectivity index (χ3v) is 4.96. The number of aromatic nitrogens is 1. The zero-order valence-corrected chi connectivity index (χ0v) is 16.3. The lowest BCUT2D eigenvalue weighted by Crippen LogP contribution is -2.08. The van der Waals surface area contributed by atoms with Crippen LogP contribution < -0.4 is 4.74 Å². The predicted octanol–water partition coefficient (Wildman–Crippen LogP) is 5.32. The van der Waals surface area contributed by atoms with Crippen LogP contribution in [0.25, 0.3) is 21.7 Å².